The zero-order valence-electron chi connectivity index (χ0n) is 6.78. The van der Waals surface area contributed by atoms with Crippen LogP contribution in [-0.4, -0.2) is 10.2 Å². The predicted octanol–water partition coefficient (Wildman–Crippen LogP) is 1.83. The molecule has 0 amide bonds. The highest BCUT2D eigenvalue weighted by atomic mass is 16.3. The molecule has 0 saturated heterocycles. The lowest BCUT2D eigenvalue weighted by Gasteiger charge is -2.06. The van der Waals surface area contributed by atoms with Crippen molar-refractivity contribution in [2.75, 3.05) is 0 Å². The summed E-state index contributed by atoms with van der Waals surface area (Å²) in [5, 5.41) is 18.4. The van der Waals surface area contributed by atoms with E-state index in [0.717, 1.165) is 0 Å². The van der Waals surface area contributed by atoms with Crippen LogP contribution in [0, 0.1) is 12.3 Å². The fourth-order valence-corrected chi connectivity index (χ4v) is 0.979. The van der Waals surface area contributed by atoms with Crippen LogP contribution in [0.5, 0.6) is 11.5 Å². The molecule has 62 valence electrons. The third-order valence-corrected chi connectivity index (χ3v) is 1.73. The van der Waals surface area contributed by atoms with Crippen molar-refractivity contribution in [3.8, 4) is 23.8 Å². The summed E-state index contributed by atoms with van der Waals surface area (Å²) in [5.74, 6) is 2.53. The topological polar surface area (TPSA) is 40.5 Å². The molecule has 0 aromatic heterocycles. The quantitative estimate of drug-likeness (QED) is 0.488. The minimum Gasteiger partial charge on any atom is -0.508 e. The van der Waals surface area contributed by atoms with Gasteiger partial charge >= 0.3 is 0 Å². The average molecular weight is 162 g/mol. The third kappa shape index (κ3) is 1.51. The molecular formula is C10H10O2. The van der Waals surface area contributed by atoms with Gasteiger partial charge in [0, 0.05) is 11.5 Å². The Morgan fingerprint density at radius 2 is 2.08 bits per heavy atom. The largest absolute Gasteiger partial charge is 0.508 e. The number of benzene rings is 1. The summed E-state index contributed by atoms with van der Waals surface area (Å²) in [6.07, 6.45) is 5.18. The lowest BCUT2D eigenvalue weighted by Crippen LogP contribution is -1.89. The van der Waals surface area contributed by atoms with Crippen LogP contribution in [0.2, 0.25) is 0 Å². The molecule has 0 aliphatic rings. The lowest BCUT2D eigenvalue weighted by atomic mass is 10.0. The molecule has 2 N–H and O–H groups in total. The fraction of sp³-hybridized carbons (Fsp3) is 0.200. The second-order valence-electron chi connectivity index (χ2n) is 2.63. The smallest absolute Gasteiger partial charge is 0.120 e. The van der Waals surface area contributed by atoms with Crippen LogP contribution in [0.15, 0.2) is 18.2 Å². The molecule has 2 nitrogen and oxygen atoms in total. The number of hydrogen-bond acceptors (Lipinski definition) is 2. The number of rotatable bonds is 1. The monoisotopic (exact) mass is 162 g/mol. The van der Waals surface area contributed by atoms with Crippen LogP contribution in [0.3, 0.4) is 0 Å². The maximum absolute atomic E-state index is 9.33. The Morgan fingerprint density at radius 1 is 1.42 bits per heavy atom. The van der Waals surface area contributed by atoms with Gasteiger partial charge in [0.1, 0.15) is 11.5 Å². The Bertz CT molecular complexity index is 323. The van der Waals surface area contributed by atoms with Crippen LogP contribution >= 0.6 is 0 Å². The highest BCUT2D eigenvalue weighted by molar-refractivity contribution is 5.43. The molecule has 0 aliphatic carbocycles. The number of phenolic OH excluding ortho intramolecular Hbond substituents is 2. The Kier molecular flexibility index (Phi) is 2.25. The van der Waals surface area contributed by atoms with Gasteiger partial charge in [0.15, 0.2) is 0 Å². The van der Waals surface area contributed by atoms with E-state index in [9.17, 15) is 5.11 Å². The van der Waals surface area contributed by atoms with E-state index >= 15 is 0 Å². The number of phenols is 2. The molecule has 1 aromatic rings. The minimum atomic E-state index is -0.183. The van der Waals surface area contributed by atoms with Gasteiger partial charge in [-0.3, -0.25) is 0 Å². The molecule has 1 rings (SSSR count). The maximum Gasteiger partial charge on any atom is 0.120 e. The first-order chi connectivity index (χ1) is 5.65. The van der Waals surface area contributed by atoms with E-state index in [4.69, 9.17) is 11.5 Å². The first kappa shape index (κ1) is 8.48. The zero-order valence-corrected chi connectivity index (χ0v) is 6.78. The van der Waals surface area contributed by atoms with Gasteiger partial charge in [0.05, 0.1) is 0 Å². The molecular weight excluding hydrogens is 152 g/mol. The van der Waals surface area contributed by atoms with E-state index in [0.29, 0.717) is 5.56 Å². The van der Waals surface area contributed by atoms with Gasteiger partial charge in [-0.15, -0.1) is 6.42 Å². The SMILES string of the molecule is C#CC(C)c1cc(O)ccc1O. The summed E-state index contributed by atoms with van der Waals surface area (Å²) in [7, 11) is 0. The van der Waals surface area contributed by atoms with E-state index in [1.165, 1.54) is 18.2 Å². The zero-order chi connectivity index (χ0) is 9.14. The van der Waals surface area contributed by atoms with E-state index < -0.39 is 0 Å². The number of terminal acetylenes is 1. The van der Waals surface area contributed by atoms with Crippen molar-refractivity contribution in [1.29, 1.82) is 0 Å². The van der Waals surface area contributed by atoms with Gasteiger partial charge in [-0.25, -0.2) is 0 Å². The normalized spacial score (nSPS) is 12.0. The number of aromatic hydroxyl groups is 2. The Morgan fingerprint density at radius 3 is 2.67 bits per heavy atom. The molecule has 1 atom stereocenters. The summed E-state index contributed by atoms with van der Waals surface area (Å²) in [5.41, 5.74) is 0.581. The molecule has 1 aromatic carbocycles. The van der Waals surface area contributed by atoms with Crippen molar-refractivity contribution in [2.24, 2.45) is 0 Å². The van der Waals surface area contributed by atoms with Gasteiger partial charge in [0.2, 0.25) is 0 Å². The van der Waals surface area contributed by atoms with Gasteiger partial charge in [-0.1, -0.05) is 5.92 Å². The van der Waals surface area contributed by atoms with E-state index in [1.807, 2.05) is 0 Å². The van der Waals surface area contributed by atoms with Gasteiger partial charge in [-0.05, 0) is 25.1 Å². The molecule has 12 heavy (non-hydrogen) atoms. The molecule has 0 saturated carbocycles. The van der Waals surface area contributed by atoms with E-state index in [2.05, 4.69) is 5.92 Å². The van der Waals surface area contributed by atoms with Crippen LogP contribution in [0.25, 0.3) is 0 Å². The second-order valence-corrected chi connectivity index (χ2v) is 2.63. The van der Waals surface area contributed by atoms with Gasteiger partial charge in [0.25, 0.3) is 0 Å². The molecule has 0 spiro atoms. The summed E-state index contributed by atoms with van der Waals surface area (Å²) in [6, 6.07) is 4.32. The Balaban J connectivity index is 3.15. The highest BCUT2D eigenvalue weighted by Gasteiger charge is 2.07. The minimum absolute atomic E-state index is 0.116. The predicted molar refractivity (Wildman–Crippen MR) is 47.0 cm³/mol. The van der Waals surface area contributed by atoms with Crippen LogP contribution < -0.4 is 0 Å². The van der Waals surface area contributed by atoms with Crippen molar-refractivity contribution in [3.05, 3.63) is 23.8 Å². The summed E-state index contributed by atoms with van der Waals surface area (Å²) in [4.78, 5) is 0. The highest BCUT2D eigenvalue weighted by Crippen LogP contribution is 2.28. The average Bonchev–Trinajstić information content (AvgIpc) is 2.08. The van der Waals surface area contributed by atoms with Crippen LogP contribution in [0.1, 0.15) is 18.4 Å². The standard InChI is InChI=1S/C10H10O2/c1-3-7(2)9-6-8(11)4-5-10(9)12/h1,4-7,11-12H,2H3. The van der Waals surface area contributed by atoms with Gasteiger partial charge < -0.3 is 10.2 Å². The van der Waals surface area contributed by atoms with Crippen molar-refractivity contribution in [1.82, 2.24) is 0 Å². The first-order valence-corrected chi connectivity index (χ1v) is 3.63. The van der Waals surface area contributed by atoms with E-state index in [-0.39, 0.29) is 17.4 Å². The molecule has 1 unspecified atom stereocenters. The van der Waals surface area contributed by atoms with Crippen molar-refractivity contribution in [2.45, 2.75) is 12.8 Å². The Labute approximate surface area is 71.5 Å². The van der Waals surface area contributed by atoms with Crippen molar-refractivity contribution >= 4 is 0 Å². The Hall–Kier alpha value is -1.62. The third-order valence-electron chi connectivity index (χ3n) is 1.73. The lowest BCUT2D eigenvalue weighted by molar-refractivity contribution is 0.453. The molecule has 0 aliphatic heterocycles. The molecule has 0 bridgehead atoms. The molecule has 0 heterocycles. The second kappa shape index (κ2) is 3.19. The summed E-state index contributed by atoms with van der Waals surface area (Å²) >= 11 is 0. The van der Waals surface area contributed by atoms with E-state index in [1.54, 1.807) is 6.92 Å². The van der Waals surface area contributed by atoms with Crippen molar-refractivity contribution in [3.63, 3.8) is 0 Å². The summed E-state index contributed by atoms with van der Waals surface area (Å²) in [6.45, 7) is 1.79. The van der Waals surface area contributed by atoms with Gasteiger partial charge in [-0.2, -0.15) is 0 Å². The summed E-state index contributed by atoms with van der Waals surface area (Å²) < 4.78 is 0. The van der Waals surface area contributed by atoms with Crippen LogP contribution in [0.4, 0.5) is 0 Å². The fourth-order valence-electron chi connectivity index (χ4n) is 0.979. The molecule has 0 radical (unpaired) electrons. The van der Waals surface area contributed by atoms with Crippen molar-refractivity contribution < 1.29 is 10.2 Å². The number of hydrogen-bond donors (Lipinski definition) is 2. The first-order valence-electron chi connectivity index (χ1n) is 3.63. The molecule has 2 heteroatoms. The van der Waals surface area contributed by atoms with Crippen LogP contribution in [-0.2, 0) is 0 Å². The maximum atomic E-state index is 9.33. The molecule has 0 fully saturated rings.